The van der Waals surface area contributed by atoms with Gasteiger partial charge in [0.15, 0.2) is 5.78 Å². The largest absolute Gasteiger partial charge is 0.495 e. The summed E-state index contributed by atoms with van der Waals surface area (Å²) in [5, 5.41) is 4.75. The summed E-state index contributed by atoms with van der Waals surface area (Å²) in [5.41, 5.74) is 2.17. The third-order valence-electron chi connectivity index (χ3n) is 4.55. The third-order valence-corrected chi connectivity index (χ3v) is 5.30. The summed E-state index contributed by atoms with van der Waals surface area (Å²) in [6, 6.07) is 7.32. The van der Waals surface area contributed by atoms with Crippen LogP contribution in [0.1, 0.15) is 12.8 Å². The van der Waals surface area contributed by atoms with Crippen LogP contribution in [-0.4, -0.2) is 36.5 Å². The van der Waals surface area contributed by atoms with Crippen molar-refractivity contribution in [1.29, 1.82) is 0 Å². The van der Waals surface area contributed by atoms with E-state index >= 15 is 0 Å². The lowest BCUT2D eigenvalue weighted by Gasteiger charge is -2.15. The molecule has 8 heteroatoms. The standard InChI is InChI=1S/C22H21Cl2N3O3/c1-4-15(28)6-5-9-25-22-26-12-14-10-13(7-8-16(14)27-22)19-20(23)17(29-2)11-18(30-3)21(19)24/h4,7-8,10-12H,1,5-6,9H2,2-3H3,(H,25,26,27). The topological polar surface area (TPSA) is 73.3 Å². The zero-order valence-corrected chi connectivity index (χ0v) is 18.2. The molecule has 0 spiro atoms. The fraction of sp³-hybridized carbons (Fsp3) is 0.227. The molecule has 2 aromatic carbocycles. The summed E-state index contributed by atoms with van der Waals surface area (Å²) in [6.45, 7) is 4.06. The van der Waals surface area contributed by atoms with E-state index in [1.165, 1.54) is 20.3 Å². The number of benzene rings is 2. The van der Waals surface area contributed by atoms with Crippen LogP contribution in [0.4, 0.5) is 5.95 Å². The first kappa shape index (κ1) is 21.9. The van der Waals surface area contributed by atoms with Crippen molar-refractivity contribution in [2.45, 2.75) is 12.8 Å². The van der Waals surface area contributed by atoms with Gasteiger partial charge in [0.05, 0.1) is 29.8 Å². The molecule has 0 fully saturated rings. The van der Waals surface area contributed by atoms with Crippen LogP contribution in [0.25, 0.3) is 22.0 Å². The van der Waals surface area contributed by atoms with Crippen LogP contribution in [0.15, 0.2) is 43.1 Å². The number of carbonyl (C=O) groups is 1. The minimum Gasteiger partial charge on any atom is -0.495 e. The fourth-order valence-corrected chi connectivity index (χ4v) is 3.70. The average molecular weight is 446 g/mol. The minimum atomic E-state index is 0.0234. The first-order valence-corrected chi connectivity index (χ1v) is 10.00. The van der Waals surface area contributed by atoms with E-state index in [0.717, 1.165) is 16.5 Å². The normalized spacial score (nSPS) is 10.7. The van der Waals surface area contributed by atoms with Gasteiger partial charge < -0.3 is 14.8 Å². The second kappa shape index (κ2) is 9.78. The minimum absolute atomic E-state index is 0.0234. The van der Waals surface area contributed by atoms with Gasteiger partial charge in [-0.25, -0.2) is 9.97 Å². The summed E-state index contributed by atoms with van der Waals surface area (Å²) < 4.78 is 10.7. The molecule has 0 atom stereocenters. The Balaban J connectivity index is 1.88. The van der Waals surface area contributed by atoms with Crippen molar-refractivity contribution in [2.75, 3.05) is 26.1 Å². The number of ether oxygens (including phenoxy) is 2. The molecular weight excluding hydrogens is 425 g/mol. The summed E-state index contributed by atoms with van der Waals surface area (Å²) >= 11 is 13.0. The fourth-order valence-electron chi connectivity index (χ4n) is 2.98. The van der Waals surface area contributed by atoms with E-state index in [2.05, 4.69) is 21.9 Å². The lowest BCUT2D eigenvalue weighted by Crippen LogP contribution is -2.07. The molecule has 156 valence electrons. The van der Waals surface area contributed by atoms with Gasteiger partial charge in [0.2, 0.25) is 5.95 Å². The molecule has 3 rings (SSSR count). The van der Waals surface area contributed by atoms with Crippen molar-refractivity contribution in [1.82, 2.24) is 9.97 Å². The van der Waals surface area contributed by atoms with Crippen LogP contribution in [0.5, 0.6) is 11.5 Å². The first-order chi connectivity index (χ1) is 14.5. The molecule has 0 saturated heterocycles. The van der Waals surface area contributed by atoms with Crippen molar-refractivity contribution < 1.29 is 14.3 Å². The van der Waals surface area contributed by atoms with Crippen LogP contribution in [0, 0.1) is 0 Å². The van der Waals surface area contributed by atoms with Crippen molar-refractivity contribution in [2.24, 2.45) is 0 Å². The van der Waals surface area contributed by atoms with E-state index in [1.54, 1.807) is 12.3 Å². The number of carbonyl (C=O) groups excluding carboxylic acids is 1. The third kappa shape index (κ3) is 4.66. The maximum Gasteiger partial charge on any atom is 0.223 e. The van der Waals surface area contributed by atoms with Gasteiger partial charge in [0.1, 0.15) is 11.5 Å². The van der Waals surface area contributed by atoms with E-state index < -0.39 is 0 Å². The Morgan fingerprint density at radius 2 is 1.87 bits per heavy atom. The Bertz CT molecular complexity index is 1070. The zero-order chi connectivity index (χ0) is 21.7. The lowest BCUT2D eigenvalue weighted by molar-refractivity contribution is -0.114. The molecule has 6 nitrogen and oxygen atoms in total. The number of fused-ring (bicyclic) bond motifs is 1. The second-order valence-electron chi connectivity index (χ2n) is 6.45. The van der Waals surface area contributed by atoms with E-state index in [9.17, 15) is 4.79 Å². The molecule has 30 heavy (non-hydrogen) atoms. The monoisotopic (exact) mass is 445 g/mol. The molecule has 3 aromatic rings. The number of anilines is 1. The number of hydrogen-bond acceptors (Lipinski definition) is 6. The van der Waals surface area contributed by atoms with Gasteiger partial charge in [-0.2, -0.15) is 0 Å². The number of methoxy groups -OCH3 is 2. The Morgan fingerprint density at radius 3 is 2.50 bits per heavy atom. The molecule has 1 N–H and O–H groups in total. The Morgan fingerprint density at radius 1 is 1.17 bits per heavy atom. The van der Waals surface area contributed by atoms with Crippen LogP contribution in [-0.2, 0) is 4.79 Å². The number of nitrogens with one attached hydrogen (secondary N) is 1. The molecule has 0 radical (unpaired) electrons. The van der Waals surface area contributed by atoms with Crippen LogP contribution in [0.2, 0.25) is 10.0 Å². The molecule has 0 saturated carbocycles. The highest BCUT2D eigenvalue weighted by Gasteiger charge is 2.19. The molecule has 0 aliphatic carbocycles. The summed E-state index contributed by atoms with van der Waals surface area (Å²) in [7, 11) is 3.07. The van der Waals surface area contributed by atoms with Gasteiger partial charge >= 0.3 is 0 Å². The average Bonchev–Trinajstić information content (AvgIpc) is 2.76. The first-order valence-electron chi connectivity index (χ1n) is 9.24. The van der Waals surface area contributed by atoms with Crippen molar-refractivity contribution >= 4 is 45.8 Å². The number of rotatable bonds is 9. The zero-order valence-electron chi connectivity index (χ0n) is 16.7. The van der Waals surface area contributed by atoms with Crippen molar-refractivity contribution in [3.63, 3.8) is 0 Å². The Hall–Kier alpha value is -2.83. The van der Waals surface area contributed by atoms with Gasteiger partial charge in [0, 0.05) is 36.2 Å². The molecule has 0 aliphatic rings. The van der Waals surface area contributed by atoms with E-state index in [1.807, 2.05) is 18.2 Å². The number of ketones is 1. The van der Waals surface area contributed by atoms with Crippen LogP contribution < -0.4 is 14.8 Å². The maximum absolute atomic E-state index is 11.3. The van der Waals surface area contributed by atoms with E-state index in [-0.39, 0.29) is 5.78 Å². The molecule has 0 amide bonds. The highest BCUT2D eigenvalue weighted by Crippen LogP contribution is 2.46. The predicted molar refractivity (Wildman–Crippen MR) is 121 cm³/mol. The SMILES string of the molecule is C=CC(=O)CCCNc1ncc2cc(-c3c(Cl)c(OC)cc(OC)c3Cl)ccc2n1. The Labute approximate surface area is 184 Å². The van der Waals surface area contributed by atoms with Gasteiger partial charge in [-0.3, -0.25) is 4.79 Å². The Kier molecular flexibility index (Phi) is 7.13. The summed E-state index contributed by atoms with van der Waals surface area (Å²) in [5.74, 6) is 1.47. The molecule has 0 unspecified atom stereocenters. The van der Waals surface area contributed by atoms with Crippen molar-refractivity contribution in [3.8, 4) is 22.6 Å². The number of aromatic nitrogens is 2. The van der Waals surface area contributed by atoms with Crippen molar-refractivity contribution in [3.05, 3.63) is 53.2 Å². The molecular formula is C22H21Cl2N3O3. The van der Waals surface area contributed by atoms with Gasteiger partial charge in [-0.1, -0.05) is 35.8 Å². The number of hydrogen-bond donors (Lipinski definition) is 1. The number of allylic oxidation sites excluding steroid dienone is 1. The lowest BCUT2D eigenvalue weighted by atomic mass is 10.0. The van der Waals surface area contributed by atoms with Crippen LogP contribution in [0.3, 0.4) is 0 Å². The van der Waals surface area contributed by atoms with Gasteiger partial charge in [-0.05, 0) is 30.2 Å². The number of halogens is 2. The highest BCUT2D eigenvalue weighted by atomic mass is 35.5. The molecule has 0 aliphatic heterocycles. The summed E-state index contributed by atoms with van der Waals surface area (Å²) in [4.78, 5) is 20.1. The van der Waals surface area contributed by atoms with Gasteiger partial charge in [-0.15, -0.1) is 0 Å². The van der Waals surface area contributed by atoms with Crippen LogP contribution >= 0.6 is 23.2 Å². The highest BCUT2D eigenvalue weighted by molar-refractivity contribution is 6.41. The molecule has 1 aromatic heterocycles. The summed E-state index contributed by atoms with van der Waals surface area (Å²) in [6.07, 6.45) is 4.18. The smallest absolute Gasteiger partial charge is 0.223 e. The quantitative estimate of drug-likeness (QED) is 0.342. The van der Waals surface area contributed by atoms with Gasteiger partial charge in [0.25, 0.3) is 0 Å². The van der Waals surface area contributed by atoms with E-state index in [4.69, 9.17) is 32.7 Å². The molecule has 1 heterocycles. The maximum atomic E-state index is 11.3. The van der Waals surface area contributed by atoms with E-state index in [0.29, 0.717) is 52.4 Å². The predicted octanol–water partition coefficient (Wildman–Crippen LogP) is 5.57. The second-order valence-corrected chi connectivity index (χ2v) is 7.21. The molecule has 0 bridgehead atoms. The number of nitrogens with zero attached hydrogens (tertiary/aromatic N) is 2.